The second kappa shape index (κ2) is 51.0. The van der Waals surface area contributed by atoms with E-state index in [0.717, 1.165) is 38.5 Å². The van der Waals surface area contributed by atoms with E-state index < -0.39 is 36.9 Å². The molecule has 6 nitrogen and oxygen atoms in total. The van der Waals surface area contributed by atoms with Crippen molar-refractivity contribution in [3.8, 4) is 0 Å². The van der Waals surface area contributed by atoms with E-state index in [4.69, 9.17) is 0 Å². The summed E-state index contributed by atoms with van der Waals surface area (Å²) in [6.45, 7) is 4.08. The van der Waals surface area contributed by atoms with Gasteiger partial charge in [0.15, 0.2) is 0 Å². The molecule has 0 saturated heterocycles. The number of aliphatic hydroxyl groups is 4. The second-order valence-electron chi connectivity index (χ2n) is 19.6. The van der Waals surface area contributed by atoms with Gasteiger partial charge in [0, 0.05) is 0 Å². The topological polar surface area (TPSA) is 110 Å². The van der Waals surface area contributed by atoms with Gasteiger partial charge < -0.3 is 25.7 Å². The lowest BCUT2D eigenvalue weighted by atomic mass is 10.00. The van der Waals surface area contributed by atoms with Gasteiger partial charge in [0.1, 0.15) is 12.2 Å². The molecule has 370 valence electrons. The molecule has 0 aliphatic carbocycles. The van der Waals surface area contributed by atoms with Crippen LogP contribution in [0.1, 0.15) is 309 Å². The van der Waals surface area contributed by atoms with Crippen LogP contribution in [0.2, 0.25) is 0 Å². The molecule has 0 heterocycles. The number of amides is 1. The molecule has 0 aromatic carbocycles. The lowest BCUT2D eigenvalue weighted by molar-refractivity contribution is -0.132. The smallest absolute Gasteiger partial charge is 0.249 e. The molecular weight excluding hydrogens is 767 g/mol. The van der Waals surface area contributed by atoms with Gasteiger partial charge in [-0.2, -0.15) is 0 Å². The summed E-state index contributed by atoms with van der Waals surface area (Å²) < 4.78 is 0. The number of nitrogens with one attached hydrogen (secondary N) is 1. The van der Waals surface area contributed by atoms with Crippen molar-refractivity contribution in [3.63, 3.8) is 0 Å². The molecule has 0 saturated carbocycles. The Hall–Kier alpha value is -0.950. The third kappa shape index (κ3) is 44.3. The van der Waals surface area contributed by atoms with Gasteiger partial charge in [-0.1, -0.05) is 283 Å². The molecule has 0 bridgehead atoms. The Bertz CT molecular complexity index is 898. The molecule has 0 aromatic rings. The lowest BCUT2D eigenvalue weighted by Crippen LogP contribution is -2.53. The van der Waals surface area contributed by atoms with E-state index in [2.05, 4.69) is 31.3 Å². The maximum Gasteiger partial charge on any atom is 0.249 e. The molecule has 0 radical (unpaired) electrons. The van der Waals surface area contributed by atoms with Gasteiger partial charge in [-0.3, -0.25) is 4.79 Å². The minimum absolute atomic E-state index is 0.368. The van der Waals surface area contributed by atoms with Gasteiger partial charge in [0.05, 0.1) is 18.8 Å². The van der Waals surface area contributed by atoms with Crippen molar-refractivity contribution < 1.29 is 25.2 Å². The zero-order valence-corrected chi connectivity index (χ0v) is 41.9. The van der Waals surface area contributed by atoms with Crippen LogP contribution in [-0.4, -0.2) is 57.3 Å². The summed E-state index contributed by atoms with van der Waals surface area (Å²) in [6, 6.07) is -0.998. The molecule has 0 aromatic heterocycles. The van der Waals surface area contributed by atoms with E-state index in [9.17, 15) is 25.2 Å². The fraction of sp³-hybridized carbons (Fsp3) is 0.946. The first-order valence-electron chi connectivity index (χ1n) is 28.1. The number of rotatable bonds is 52. The zero-order chi connectivity index (χ0) is 45.2. The Labute approximate surface area is 387 Å². The molecular formula is C56H111NO5. The van der Waals surface area contributed by atoms with Crippen LogP contribution in [0.25, 0.3) is 0 Å². The van der Waals surface area contributed by atoms with Crippen LogP contribution in [0.5, 0.6) is 0 Å². The first kappa shape index (κ1) is 61.0. The molecule has 0 aliphatic rings. The SMILES string of the molecule is CCCCCCCCCCCCCCCCCCCCCCCC/C=C/CCCC(O)C(O)C(CO)NC(=O)C(O)CCCCCCCCCCCCCCCCCCCCC. The van der Waals surface area contributed by atoms with E-state index in [0.29, 0.717) is 12.8 Å². The molecule has 6 heteroatoms. The maximum atomic E-state index is 12.6. The standard InChI is InChI=1S/C56H111NO5/c1-3-5-7-9-11-13-15-17-19-21-23-24-25-26-27-28-29-30-32-33-35-37-39-41-43-45-47-49-53(59)55(61)52(51-58)57-56(62)54(60)50-48-46-44-42-40-38-36-34-31-22-20-18-16-14-12-10-8-6-4-2/h41,43,52-55,58-61H,3-40,42,44-51H2,1-2H3,(H,57,62)/b43-41+. The number of carbonyl (C=O) groups is 1. The van der Waals surface area contributed by atoms with Crippen molar-refractivity contribution in [2.24, 2.45) is 0 Å². The van der Waals surface area contributed by atoms with Crippen LogP contribution < -0.4 is 5.32 Å². The first-order valence-corrected chi connectivity index (χ1v) is 28.1. The van der Waals surface area contributed by atoms with Crippen molar-refractivity contribution in [2.75, 3.05) is 6.61 Å². The van der Waals surface area contributed by atoms with E-state index in [1.165, 1.54) is 244 Å². The van der Waals surface area contributed by atoms with Crippen LogP contribution in [0, 0.1) is 0 Å². The summed E-state index contributed by atoms with van der Waals surface area (Å²) in [5, 5.41) is 43.9. The van der Waals surface area contributed by atoms with Gasteiger partial charge in [-0.15, -0.1) is 0 Å². The van der Waals surface area contributed by atoms with E-state index in [1.54, 1.807) is 0 Å². The summed E-state index contributed by atoms with van der Waals surface area (Å²) >= 11 is 0. The number of carbonyl (C=O) groups excluding carboxylic acids is 1. The van der Waals surface area contributed by atoms with Crippen LogP contribution >= 0.6 is 0 Å². The Kier molecular flexibility index (Phi) is 50.3. The quantitative estimate of drug-likeness (QED) is 0.0309. The maximum absolute atomic E-state index is 12.6. The molecule has 0 fully saturated rings. The highest BCUT2D eigenvalue weighted by atomic mass is 16.3. The Morgan fingerprint density at radius 1 is 0.387 bits per heavy atom. The average molecular weight is 879 g/mol. The van der Waals surface area contributed by atoms with Crippen LogP contribution in [0.15, 0.2) is 12.2 Å². The van der Waals surface area contributed by atoms with Crippen LogP contribution in [-0.2, 0) is 4.79 Å². The summed E-state index contributed by atoms with van der Waals surface area (Å²) in [5.41, 5.74) is 0. The summed E-state index contributed by atoms with van der Waals surface area (Å²) in [4.78, 5) is 12.6. The predicted octanol–water partition coefficient (Wildman–Crippen LogP) is 16.1. The number of allylic oxidation sites excluding steroid dienone is 2. The van der Waals surface area contributed by atoms with Crippen molar-refractivity contribution in [1.82, 2.24) is 5.32 Å². The molecule has 0 rings (SSSR count). The number of aliphatic hydroxyl groups excluding tert-OH is 4. The summed E-state index contributed by atoms with van der Waals surface area (Å²) in [5.74, 6) is -0.587. The lowest BCUT2D eigenvalue weighted by Gasteiger charge is -2.27. The molecule has 0 aliphatic heterocycles. The van der Waals surface area contributed by atoms with Gasteiger partial charge >= 0.3 is 0 Å². The van der Waals surface area contributed by atoms with E-state index in [1.807, 2.05) is 0 Å². The van der Waals surface area contributed by atoms with Crippen molar-refractivity contribution in [3.05, 3.63) is 12.2 Å². The molecule has 5 N–H and O–H groups in total. The summed E-state index contributed by atoms with van der Waals surface area (Å²) in [6.07, 6.45) is 60.0. The number of unbranched alkanes of at least 4 members (excludes halogenated alkanes) is 41. The molecule has 1 amide bonds. The van der Waals surface area contributed by atoms with E-state index in [-0.39, 0.29) is 0 Å². The minimum atomic E-state index is -1.28. The number of hydrogen-bond acceptors (Lipinski definition) is 5. The second-order valence-corrected chi connectivity index (χ2v) is 19.6. The van der Waals surface area contributed by atoms with Crippen LogP contribution in [0.4, 0.5) is 0 Å². The van der Waals surface area contributed by atoms with Gasteiger partial charge in [-0.25, -0.2) is 0 Å². The number of hydrogen-bond donors (Lipinski definition) is 5. The Morgan fingerprint density at radius 3 is 0.968 bits per heavy atom. The highest BCUT2D eigenvalue weighted by Crippen LogP contribution is 2.18. The first-order chi connectivity index (χ1) is 30.5. The largest absolute Gasteiger partial charge is 0.394 e. The fourth-order valence-corrected chi connectivity index (χ4v) is 9.06. The third-order valence-corrected chi connectivity index (χ3v) is 13.5. The van der Waals surface area contributed by atoms with Gasteiger partial charge in [0.2, 0.25) is 5.91 Å². The highest BCUT2D eigenvalue weighted by Gasteiger charge is 2.28. The van der Waals surface area contributed by atoms with E-state index >= 15 is 0 Å². The Balaban J connectivity index is 3.62. The molecule has 62 heavy (non-hydrogen) atoms. The molecule has 4 unspecified atom stereocenters. The predicted molar refractivity (Wildman–Crippen MR) is 270 cm³/mol. The third-order valence-electron chi connectivity index (χ3n) is 13.5. The van der Waals surface area contributed by atoms with Crippen molar-refractivity contribution in [1.29, 1.82) is 0 Å². The monoisotopic (exact) mass is 878 g/mol. The fourth-order valence-electron chi connectivity index (χ4n) is 9.06. The molecule has 0 spiro atoms. The highest BCUT2D eigenvalue weighted by molar-refractivity contribution is 5.80. The Morgan fingerprint density at radius 2 is 0.661 bits per heavy atom. The van der Waals surface area contributed by atoms with Crippen molar-refractivity contribution in [2.45, 2.75) is 334 Å². The van der Waals surface area contributed by atoms with Gasteiger partial charge in [-0.05, 0) is 38.5 Å². The molecule has 4 atom stereocenters. The van der Waals surface area contributed by atoms with Crippen molar-refractivity contribution >= 4 is 5.91 Å². The summed E-state index contributed by atoms with van der Waals surface area (Å²) in [7, 11) is 0. The van der Waals surface area contributed by atoms with Gasteiger partial charge in [0.25, 0.3) is 0 Å². The zero-order valence-electron chi connectivity index (χ0n) is 41.9. The minimum Gasteiger partial charge on any atom is -0.394 e. The normalized spacial score (nSPS) is 13.8. The van der Waals surface area contributed by atoms with Crippen LogP contribution in [0.3, 0.4) is 0 Å². The average Bonchev–Trinajstić information content (AvgIpc) is 3.28.